The van der Waals surface area contributed by atoms with E-state index >= 15 is 0 Å². The summed E-state index contributed by atoms with van der Waals surface area (Å²) in [5.74, 6) is -0.391. The number of hydrogen-bond acceptors (Lipinski definition) is 2. The molecule has 0 fully saturated rings. The molecule has 0 atom stereocenters. The second kappa shape index (κ2) is 7.18. The summed E-state index contributed by atoms with van der Waals surface area (Å²) in [7, 11) is 0. The molecule has 3 aromatic rings. The van der Waals surface area contributed by atoms with Crippen LogP contribution in [0.25, 0.3) is 0 Å². The van der Waals surface area contributed by atoms with Crippen LogP contribution in [-0.4, -0.2) is 10.5 Å². The molecule has 3 rings (SSSR count). The number of hydrogen-bond donors (Lipinski definition) is 1. The number of para-hydroxylation sites is 1. The van der Waals surface area contributed by atoms with E-state index in [0.717, 1.165) is 11.1 Å². The average Bonchev–Trinajstić information content (AvgIpc) is 2.60. The van der Waals surface area contributed by atoms with Gasteiger partial charge in [-0.2, -0.15) is 0 Å². The maximum Gasteiger partial charge on any atom is 0.263 e. The summed E-state index contributed by atoms with van der Waals surface area (Å²) in [4.78, 5) is 25.2. The first kappa shape index (κ1) is 16.7. The molecular formula is C21H20N2O2. The maximum atomic E-state index is 12.7. The molecule has 1 aromatic heterocycles. The Morgan fingerprint density at radius 1 is 0.960 bits per heavy atom. The average molecular weight is 332 g/mol. The zero-order chi connectivity index (χ0) is 17.8. The van der Waals surface area contributed by atoms with Crippen LogP contribution in [0, 0.1) is 13.8 Å². The molecule has 0 spiro atoms. The zero-order valence-electron chi connectivity index (χ0n) is 14.3. The summed E-state index contributed by atoms with van der Waals surface area (Å²) in [5.41, 5.74) is 3.69. The third-order valence-corrected chi connectivity index (χ3v) is 4.13. The van der Waals surface area contributed by atoms with E-state index in [2.05, 4.69) is 5.32 Å². The lowest BCUT2D eigenvalue weighted by atomic mass is 10.1. The quantitative estimate of drug-likeness (QED) is 0.791. The summed E-state index contributed by atoms with van der Waals surface area (Å²) in [6.45, 7) is 4.37. The van der Waals surface area contributed by atoms with Gasteiger partial charge in [0.2, 0.25) is 0 Å². The van der Waals surface area contributed by atoms with E-state index in [1.165, 1.54) is 5.56 Å². The molecule has 0 bridgehead atoms. The predicted octanol–water partition coefficient (Wildman–Crippen LogP) is 3.77. The Balaban J connectivity index is 1.85. The van der Waals surface area contributed by atoms with Crippen molar-refractivity contribution < 1.29 is 4.79 Å². The summed E-state index contributed by atoms with van der Waals surface area (Å²) >= 11 is 0. The van der Waals surface area contributed by atoms with Gasteiger partial charge in [0.05, 0.1) is 6.54 Å². The van der Waals surface area contributed by atoms with Gasteiger partial charge in [0.25, 0.3) is 11.5 Å². The van der Waals surface area contributed by atoms with E-state index in [-0.39, 0.29) is 11.1 Å². The molecule has 0 aliphatic rings. The number of nitrogens with one attached hydrogen (secondary N) is 1. The maximum absolute atomic E-state index is 12.7. The zero-order valence-corrected chi connectivity index (χ0v) is 14.3. The second-order valence-corrected chi connectivity index (χ2v) is 6.11. The normalized spacial score (nSPS) is 10.5. The van der Waals surface area contributed by atoms with Crippen LogP contribution in [0.15, 0.2) is 71.7 Å². The topological polar surface area (TPSA) is 51.1 Å². The molecule has 1 N–H and O–H groups in total. The molecule has 2 aromatic carbocycles. The van der Waals surface area contributed by atoms with Crippen molar-refractivity contribution in [3.8, 4) is 0 Å². The van der Waals surface area contributed by atoms with Crippen molar-refractivity contribution in [1.82, 2.24) is 4.57 Å². The first-order valence-corrected chi connectivity index (χ1v) is 8.16. The Bertz CT molecular complexity index is 956. The third kappa shape index (κ3) is 3.86. The molecule has 1 amide bonds. The van der Waals surface area contributed by atoms with Gasteiger partial charge in [-0.15, -0.1) is 0 Å². The van der Waals surface area contributed by atoms with Crippen molar-refractivity contribution in [1.29, 1.82) is 0 Å². The van der Waals surface area contributed by atoms with Crippen molar-refractivity contribution in [2.75, 3.05) is 5.32 Å². The minimum atomic E-state index is -0.391. The van der Waals surface area contributed by atoms with Crippen LogP contribution in [0.3, 0.4) is 0 Å². The fourth-order valence-corrected chi connectivity index (χ4v) is 2.63. The van der Waals surface area contributed by atoms with Gasteiger partial charge >= 0.3 is 0 Å². The van der Waals surface area contributed by atoms with Gasteiger partial charge < -0.3 is 9.88 Å². The number of pyridine rings is 1. The highest BCUT2D eigenvalue weighted by Gasteiger charge is 2.13. The number of carbonyl (C=O) groups is 1. The molecule has 25 heavy (non-hydrogen) atoms. The fraction of sp³-hybridized carbons (Fsp3) is 0.143. The summed E-state index contributed by atoms with van der Waals surface area (Å²) in [6, 6.07) is 18.8. The van der Waals surface area contributed by atoms with Crippen LogP contribution in [-0.2, 0) is 6.54 Å². The smallest absolute Gasteiger partial charge is 0.263 e. The summed E-state index contributed by atoms with van der Waals surface area (Å²) in [5, 5.41) is 2.81. The summed E-state index contributed by atoms with van der Waals surface area (Å²) in [6.07, 6.45) is 1.70. The lowest BCUT2D eigenvalue weighted by Crippen LogP contribution is -2.29. The molecule has 0 saturated carbocycles. The van der Waals surface area contributed by atoms with Gasteiger partial charge in [0.1, 0.15) is 5.56 Å². The Kier molecular flexibility index (Phi) is 4.80. The van der Waals surface area contributed by atoms with Gasteiger partial charge in [0.15, 0.2) is 0 Å². The third-order valence-electron chi connectivity index (χ3n) is 4.13. The van der Waals surface area contributed by atoms with E-state index in [1.807, 2.05) is 62.4 Å². The van der Waals surface area contributed by atoms with Crippen molar-refractivity contribution in [3.05, 3.63) is 99.5 Å². The molecule has 0 aliphatic carbocycles. The SMILES string of the molecule is Cc1ccc(Cn2cccc(C(=O)Nc3ccccc3C)c2=O)cc1. The van der Waals surface area contributed by atoms with Crippen LogP contribution in [0.5, 0.6) is 0 Å². The molecular weight excluding hydrogens is 312 g/mol. The molecule has 4 heteroatoms. The van der Waals surface area contributed by atoms with Gasteiger partial charge in [-0.05, 0) is 43.2 Å². The van der Waals surface area contributed by atoms with Crippen LogP contribution >= 0.6 is 0 Å². The number of nitrogens with zero attached hydrogens (tertiary/aromatic N) is 1. The van der Waals surface area contributed by atoms with Crippen molar-refractivity contribution in [2.45, 2.75) is 20.4 Å². The number of aromatic nitrogens is 1. The van der Waals surface area contributed by atoms with Gasteiger partial charge in [-0.3, -0.25) is 9.59 Å². The van der Waals surface area contributed by atoms with Crippen LogP contribution < -0.4 is 10.9 Å². The van der Waals surface area contributed by atoms with Crippen LogP contribution in [0.4, 0.5) is 5.69 Å². The molecule has 0 aliphatic heterocycles. The highest BCUT2D eigenvalue weighted by atomic mass is 16.2. The molecule has 0 saturated heterocycles. The van der Waals surface area contributed by atoms with Crippen molar-refractivity contribution in [3.63, 3.8) is 0 Å². The minimum Gasteiger partial charge on any atom is -0.322 e. The van der Waals surface area contributed by atoms with Gasteiger partial charge in [-0.25, -0.2) is 0 Å². The largest absolute Gasteiger partial charge is 0.322 e. The fourth-order valence-electron chi connectivity index (χ4n) is 2.63. The van der Waals surface area contributed by atoms with Crippen molar-refractivity contribution >= 4 is 11.6 Å². The van der Waals surface area contributed by atoms with Crippen LogP contribution in [0.2, 0.25) is 0 Å². The van der Waals surface area contributed by atoms with E-state index in [1.54, 1.807) is 22.9 Å². The standard InChI is InChI=1S/C21H20N2O2/c1-15-9-11-17(12-10-15)14-23-13-5-7-18(21(23)25)20(24)22-19-8-4-3-6-16(19)2/h3-13H,14H2,1-2H3,(H,22,24). The number of carbonyl (C=O) groups excluding carboxylic acids is 1. The van der Waals surface area contributed by atoms with Crippen molar-refractivity contribution in [2.24, 2.45) is 0 Å². The number of anilines is 1. The number of amides is 1. The Morgan fingerprint density at radius 3 is 2.40 bits per heavy atom. The molecule has 1 heterocycles. The Morgan fingerprint density at radius 2 is 1.68 bits per heavy atom. The molecule has 0 radical (unpaired) electrons. The highest BCUT2D eigenvalue weighted by Crippen LogP contribution is 2.14. The second-order valence-electron chi connectivity index (χ2n) is 6.11. The van der Waals surface area contributed by atoms with E-state index in [4.69, 9.17) is 0 Å². The van der Waals surface area contributed by atoms with Crippen LogP contribution in [0.1, 0.15) is 27.0 Å². The van der Waals surface area contributed by atoms with Gasteiger partial charge in [0, 0.05) is 11.9 Å². The monoisotopic (exact) mass is 332 g/mol. The van der Waals surface area contributed by atoms with E-state index in [9.17, 15) is 9.59 Å². The molecule has 4 nitrogen and oxygen atoms in total. The summed E-state index contributed by atoms with van der Waals surface area (Å²) < 4.78 is 1.55. The first-order valence-electron chi connectivity index (χ1n) is 8.16. The first-order chi connectivity index (χ1) is 12.0. The molecule has 0 unspecified atom stereocenters. The molecule has 126 valence electrons. The lowest BCUT2D eigenvalue weighted by molar-refractivity contribution is 0.102. The van der Waals surface area contributed by atoms with E-state index in [0.29, 0.717) is 12.2 Å². The number of rotatable bonds is 4. The Labute approximate surface area is 146 Å². The Hall–Kier alpha value is -3.14. The highest BCUT2D eigenvalue weighted by molar-refractivity contribution is 6.04. The lowest BCUT2D eigenvalue weighted by Gasteiger charge is -2.10. The number of aryl methyl sites for hydroxylation is 2. The number of benzene rings is 2. The van der Waals surface area contributed by atoms with Gasteiger partial charge in [-0.1, -0.05) is 48.0 Å². The van der Waals surface area contributed by atoms with E-state index < -0.39 is 5.91 Å². The minimum absolute atomic E-state index is 0.137. The predicted molar refractivity (Wildman–Crippen MR) is 100 cm³/mol.